The monoisotopic (exact) mass is 275 g/mol. The van der Waals surface area contributed by atoms with Crippen LogP contribution in [0.1, 0.15) is 29.9 Å². The third-order valence-corrected chi connectivity index (χ3v) is 3.18. The highest BCUT2D eigenvalue weighted by Gasteiger charge is 2.20. The van der Waals surface area contributed by atoms with Crippen LogP contribution in [0.5, 0.6) is 0 Å². The number of carbonyl (C=O) groups is 1. The van der Waals surface area contributed by atoms with Crippen molar-refractivity contribution in [3.63, 3.8) is 0 Å². The molecule has 0 aromatic carbocycles. The molecule has 0 atom stereocenters. The van der Waals surface area contributed by atoms with Crippen LogP contribution in [-0.4, -0.2) is 16.8 Å². The van der Waals surface area contributed by atoms with Crippen LogP contribution in [0.3, 0.4) is 0 Å². The van der Waals surface area contributed by atoms with Gasteiger partial charge in [0, 0.05) is 10.9 Å². The summed E-state index contributed by atoms with van der Waals surface area (Å²) in [7, 11) is 0. The standard InChI is InChI=1S/C10H14BrNOS/c1-10(2,5-6-11)12-9(13)8-4-3-7-14-8/h3-4,7H,5-6H2,1-2H3,(H,12,13). The van der Waals surface area contributed by atoms with E-state index in [-0.39, 0.29) is 11.4 Å². The van der Waals surface area contributed by atoms with Crippen LogP contribution in [0.2, 0.25) is 0 Å². The van der Waals surface area contributed by atoms with Crippen LogP contribution in [-0.2, 0) is 0 Å². The Kier molecular flexibility index (Phi) is 4.13. The van der Waals surface area contributed by atoms with Crippen molar-refractivity contribution in [1.29, 1.82) is 0 Å². The van der Waals surface area contributed by atoms with Gasteiger partial charge < -0.3 is 5.32 Å². The first-order valence-corrected chi connectivity index (χ1v) is 6.47. The van der Waals surface area contributed by atoms with Gasteiger partial charge in [-0.1, -0.05) is 22.0 Å². The molecule has 0 saturated heterocycles. The van der Waals surface area contributed by atoms with Gasteiger partial charge in [0.2, 0.25) is 0 Å². The summed E-state index contributed by atoms with van der Waals surface area (Å²) in [4.78, 5) is 12.5. The minimum Gasteiger partial charge on any atom is -0.346 e. The van der Waals surface area contributed by atoms with Gasteiger partial charge in [0.1, 0.15) is 0 Å². The summed E-state index contributed by atoms with van der Waals surface area (Å²) in [6.07, 6.45) is 0.921. The van der Waals surface area contributed by atoms with Gasteiger partial charge in [-0.2, -0.15) is 0 Å². The number of hydrogen-bond donors (Lipinski definition) is 1. The number of nitrogens with one attached hydrogen (secondary N) is 1. The molecular formula is C10H14BrNOS. The third kappa shape index (κ3) is 3.42. The smallest absolute Gasteiger partial charge is 0.261 e. The SMILES string of the molecule is CC(C)(CCBr)NC(=O)c1cccs1. The quantitative estimate of drug-likeness (QED) is 0.841. The molecule has 1 aromatic heterocycles. The first-order chi connectivity index (χ1) is 6.55. The molecule has 1 amide bonds. The van der Waals surface area contributed by atoms with E-state index in [0.717, 1.165) is 16.6 Å². The van der Waals surface area contributed by atoms with Gasteiger partial charge in [-0.15, -0.1) is 11.3 Å². The molecule has 1 aromatic rings. The van der Waals surface area contributed by atoms with Crippen LogP contribution >= 0.6 is 27.3 Å². The number of rotatable bonds is 4. The molecule has 0 bridgehead atoms. The van der Waals surface area contributed by atoms with Crippen LogP contribution < -0.4 is 5.32 Å². The van der Waals surface area contributed by atoms with Crippen molar-refractivity contribution < 1.29 is 4.79 Å². The molecule has 0 aliphatic heterocycles. The lowest BCUT2D eigenvalue weighted by Gasteiger charge is -2.24. The van der Waals surface area contributed by atoms with E-state index in [4.69, 9.17) is 0 Å². The Bertz CT molecular complexity index is 295. The molecular weight excluding hydrogens is 262 g/mol. The van der Waals surface area contributed by atoms with E-state index in [1.54, 1.807) is 0 Å². The first kappa shape index (κ1) is 11.7. The lowest BCUT2D eigenvalue weighted by atomic mass is 10.0. The molecule has 1 heterocycles. The van der Waals surface area contributed by atoms with Crippen LogP contribution in [0, 0.1) is 0 Å². The average Bonchev–Trinajstić information content (AvgIpc) is 2.53. The Hall–Kier alpha value is -0.350. The minimum absolute atomic E-state index is 0.0194. The number of alkyl halides is 1. The molecule has 14 heavy (non-hydrogen) atoms. The van der Waals surface area contributed by atoms with Gasteiger partial charge >= 0.3 is 0 Å². The van der Waals surface area contributed by atoms with Crippen LogP contribution in [0.15, 0.2) is 17.5 Å². The lowest BCUT2D eigenvalue weighted by Crippen LogP contribution is -2.43. The maximum atomic E-state index is 11.7. The van der Waals surface area contributed by atoms with Gasteiger partial charge in [0.25, 0.3) is 5.91 Å². The zero-order chi connectivity index (χ0) is 10.6. The molecule has 1 rings (SSSR count). The molecule has 0 saturated carbocycles. The summed E-state index contributed by atoms with van der Waals surface area (Å²) < 4.78 is 0. The summed E-state index contributed by atoms with van der Waals surface area (Å²) in [6.45, 7) is 4.06. The predicted molar refractivity (Wildman–Crippen MR) is 64.3 cm³/mol. The van der Waals surface area contributed by atoms with Crippen molar-refractivity contribution in [2.24, 2.45) is 0 Å². The average molecular weight is 276 g/mol. The summed E-state index contributed by atoms with van der Waals surface area (Å²) in [5.41, 5.74) is -0.148. The largest absolute Gasteiger partial charge is 0.346 e. The summed E-state index contributed by atoms with van der Waals surface area (Å²) in [6, 6.07) is 3.72. The molecule has 78 valence electrons. The summed E-state index contributed by atoms with van der Waals surface area (Å²) in [5, 5.41) is 5.80. The molecule has 0 fully saturated rings. The molecule has 0 unspecified atom stereocenters. The highest BCUT2D eigenvalue weighted by molar-refractivity contribution is 9.09. The van der Waals surface area contributed by atoms with Gasteiger partial charge in [-0.25, -0.2) is 0 Å². The number of carbonyl (C=O) groups excluding carboxylic acids is 1. The van der Waals surface area contributed by atoms with E-state index in [1.807, 2.05) is 31.4 Å². The van der Waals surface area contributed by atoms with E-state index < -0.39 is 0 Å². The number of thiophene rings is 1. The van der Waals surface area contributed by atoms with Crippen LogP contribution in [0.4, 0.5) is 0 Å². The number of halogens is 1. The number of amides is 1. The Morgan fingerprint density at radius 3 is 2.86 bits per heavy atom. The molecule has 2 nitrogen and oxygen atoms in total. The zero-order valence-corrected chi connectivity index (χ0v) is 10.7. The topological polar surface area (TPSA) is 29.1 Å². The molecule has 0 radical (unpaired) electrons. The van der Waals surface area contributed by atoms with Crippen molar-refractivity contribution in [3.05, 3.63) is 22.4 Å². The second-order valence-corrected chi connectivity index (χ2v) is 5.49. The normalized spacial score (nSPS) is 11.4. The Morgan fingerprint density at radius 1 is 1.64 bits per heavy atom. The molecule has 0 aliphatic carbocycles. The van der Waals surface area contributed by atoms with Gasteiger partial charge in [-0.3, -0.25) is 4.79 Å². The van der Waals surface area contributed by atoms with Crippen molar-refractivity contribution in [1.82, 2.24) is 5.32 Å². The second kappa shape index (κ2) is 4.94. The molecule has 1 N–H and O–H groups in total. The Balaban J connectivity index is 2.57. The fourth-order valence-electron chi connectivity index (χ4n) is 1.08. The second-order valence-electron chi connectivity index (χ2n) is 3.75. The predicted octanol–water partition coefficient (Wildman–Crippen LogP) is 3.04. The van der Waals surface area contributed by atoms with E-state index in [9.17, 15) is 4.79 Å². The van der Waals surface area contributed by atoms with Gasteiger partial charge in [0.05, 0.1) is 4.88 Å². The fraction of sp³-hybridized carbons (Fsp3) is 0.500. The Labute approximate surface area is 96.8 Å². The third-order valence-electron chi connectivity index (χ3n) is 1.92. The summed E-state index contributed by atoms with van der Waals surface area (Å²) in [5.74, 6) is 0.0194. The van der Waals surface area contributed by atoms with Crippen molar-refractivity contribution in [2.75, 3.05) is 5.33 Å². The van der Waals surface area contributed by atoms with Crippen molar-refractivity contribution >= 4 is 33.2 Å². The summed E-state index contributed by atoms with van der Waals surface area (Å²) >= 11 is 4.84. The lowest BCUT2D eigenvalue weighted by molar-refractivity contribution is 0.0916. The van der Waals surface area contributed by atoms with Gasteiger partial charge in [-0.05, 0) is 31.7 Å². The van der Waals surface area contributed by atoms with E-state index >= 15 is 0 Å². The van der Waals surface area contributed by atoms with Crippen LogP contribution in [0.25, 0.3) is 0 Å². The van der Waals surface area contributed by atoms with Crippen molar-refractivity contribution in [2.45, 2.75) is 25.8 Å². The maximum absolute atomic E-state index is 11.7. The van der Waals surface area contributed by atoms with E-state index in [2.05, 4.69) is 21.2 Å². The zero-order valence-electron chi connectivity index (χ0n) is 8.34. The molecule has 0 aliphatic rings. The Morgan fingerprint density at radius 2 is 2.36 bits per heavy atom. The molecule has 4 heteroatoms. The fourth-order valence-corrected chi connectivity index (χ4v) is 2.69. The van der Waals surface area contributed by atoms with E-state index in [1.165, 1.54) is 11.3 Å². The number of hydrogen-bond acceptors (Lipinski definition) is 2. The highest BCUT2D eigenvalue weighted by atomic mass is 79.9. The van der Waals surface area contributed by atoms with Gasteiger partial charge in [0.15, 0.2) is 0 Å². The first-order valence-electron chi connectivity index (χ1n) is 4.47. The van der Waals surface area contributed by atoms with E-state index in [0.29, 0.717) is 0 Å². The highest BCUT2D eigenvalue weighted by Crippen LogP contribution is 2.14. The maximum Gasteiger partial charge on any atom is 0.261 e. The minimum atomic E-state index is -0.148. The van der Waals surface area contributed by atoms with Crippen molar-refractivity contribution in [3.8, 4) is 0 Å². The molecule has 0 spiro atoms.